The zero-order valence-electron chi connectivity index (χ0n) is 17.7. The van der Waals surface area contributed by atoms with E-state index in [0.29, 0.717) is 24.1 Å². The molecule has 0 aliphatic heterocycles. The normalized spacial score (nSPS) is 16.3. The number of hydrogen-bond acceptors (Lipinski definition) is 5. The number of aliphatic carboxylic acids is 1. The molecule has 0 bridgehead atoms. The molecule has 0 radical (unpaired) electrons. The summed E-state index contributed by atoms with van der Waals surface area (Å²) in [5.41, 5.74) is 5.11. The van der Waals surface area contributed by atoms with Crippen LogP contribution in [0.25, 0.3) is 5.57 Å². The molecule has 8 heteroatoms. The van der Waals surface area contributed by atoms with E-state index >= 15 is 0 Å². The molecule has 0 amide bonds. The Morgan fingerprint density at radius 2 is 1.88 bits per heavy atom. The molecule has 164 valence electrons. The molecule has 2 heterocycles. The van der Waals surface area contributed by atoms with Gasteiger partial charge in [0.1, 0.15) is 0 Å². The van der Waals surface area contributed by atoms with E-state index in [4.69, 9.17) is 5.11 Å². The van der Waals surface area contributed by atoms with Crippen molar-refractivity contribution in [2.24, 2.45) is 5.92 Å². The summed E-state index contributed by atoms with van der Waals surface area (Å²) in [4.78, 5) is 27.5. The summed E-state index contributed by atoms with van der Waals surface area (Å²) in [5, 5.41) is 20.6. The van der Waals surface area contributed by atoms with Gasteiger partial charge in [-0.15, -0.1) is 10.2 Å². The summed E-state index contributed by atoms with van der Waals surface area (Å²) in [5.74, 6) is 0.542. The van der Waals surface area contributed by atoms with E-state index in [1.54, 1.807) is 0 Å². The molecule has 0 spiro atoms. The van der Waals surface area contributed by atoms with Crippen LogP contribution in [0.1, 0.15) is 59.8 Å². The average Bonchev–Trinajstić information content (AvgIpc) is 3.70. The van der Waals surface area contributed by atoms with Crippen LogP contribution in [0.4, 0.5) is 0 Å². The van der Waals surface area contributed by atoms with Gasteiger partial charge in [0.15, 0.2) is 12.4 Å². The number of benzene rings is 1. The Kier molecular flexibility index (Phi) is 5.43. The Morgan fingerprint density at radius 3 is 2.53 bits per heavy atom. The summed E-state index contributed by atoms with van der Waals surface area (Å²) in [7, 11) is 0. The number of nitrogens with zero attached hydrogens (tertiary/aromatic N) is 4. The zero-order chi connectivity index (χ0) is 22.1. The first-order valence-corrected chi connectivity index (χ1v) is 11.1. The number of aromatic amines is 1. The van der Waals surface area contributed by atoms with Crippen molar-refractivity contribution in [1.29, 1.82) is 0 Å². The first-order chi connectivity index (χ1) is 15.5. The predicted octanol–water partition coefficient (Wildman–Crippen LogP) is 2.95. The number of carboxylic acid groups (broad SMARTS) is 1. The lowest BCUT2D eigenvalue weighted by Crippen LogP contribution is -2.13. The minimum absolute atomic E-state index is 0.0340. The highest BCUT2D eigenvalue weighted by Crippen LogP contribution is 2.39. The molecule has 32 heavy (non-hydrogen) atoms. The maximum absolute atomic E-state index is 12.6. The number of pyridine rings is 1. The van der Waals surface area contributed by atoms with Crippen molar-refractivity contribution in [3.05, 3.63) is 81.0 Å². The van der Waals surface area contributed by atoms with Crippen LogP contribution in [0.2, 0.25) is 0 Å². The fourth-order valence-electron chi connectivity index (χ4n) is 3.87. The standard InChI is InChI=1S/C24H25N5O3/c30-23(31)14-29-27-22(26-28-29)12-5-15-3-6-18(7-4-15)20(13-16-1-2-16)21-11-10-19(17-8-9-17)24(32)25-21/h3-4,6-7,10-11,13,16-17H,1-2,5,8-9,12,14H2,(H,25,32)(H,30,31)/b20-13+. The quantitative estimate of drug-likeness (QED) is 0.538. The van der Waals surface area contributed by atoms with Crippen molar-refractivity contribution < 1.29 is 9.90 Å². The zero-order valence-corrected chi connectivity index (χ0v) is 17.7. The number of nitrogens with one attached hydrogen (secondary N) is 1. The van der Waals surface area contributed by atoms with E-state index < -0.39 is 5.97 Å². The van der Waals surface area contributed by atoms with E-state index in [9.17, 15) is 9.59 Å². The van der Waals surface area contributed by atoms with Crippen molar-refractivity contribution in [2.45, 2.75) is 51.0 Å². The molecule has 1 aromatic carbocycles. The third-order valence-electron chi connectivity index (χ3n) is 5.94. The number of rotatable bonds is 9. The molecule has 5 rings (SSSR count). The van der Waals surface area contributed by atoms with E-state index in [2.05, 4.69) is 50.7 Å². The summed E-state index contributed by atoms with van der Waals surface area (Å²) in [6, 6.07) is 12.4. The van der Waals surface area contributed by atoms with Crippen LogP contribution >= 0.6 is 0 Å². The lowest BCUT2D eigenvalue weighted by molar-refractivity contribution is -0.138. The van der Waals surface area contributed by atoms with Crippen molar-refractivity contribution in [3.63, 3.8) is 0 Å². The molecule has 3 aromatic rings. The van der Waals surface area contributed by atoms with Gasteiger partial charge in [-0.05, 0) is 66.3 Å². The Bertz CT molecular complexity index is 1220. The second kappa shape index (κ2) is 8.53. The SMILES string of the molecule is O=C(O)Cn1nnc(CCc2ccc(/C(=C\C3CC3)c3ccc(C4CC4)c(=O)[nH]3)cc2)n1. The number of tetrazole rings is 1. The molecule has 2 aliphatic carbocycles. The smallest absolute Gasteiger partial charge is 0.327 e. The summed E-state index contributed by atoms with van der Waals surface area (Å²) < 4.78 is 0. The number of aryl methyl sites for hydroxylation is 2. The van der Waals surface area contributed by atoms with Crippen LogP contribution in [0.15, 0.2) is 47.3 Å². The Morgan fingerprint density at radius 1 is 1.09 bits per heavy atom. The molecular formula is C24H25N5O3. The van der Waals surface area contributed by atoms with Gasteiger partial charge in [-0.25, -0.2) is 0 Å². The lowest BCUT2D eigenvalue weighted by atomic mass is 9.97. The molecule has 8 nitrogen and oxygen atoms in total. The van der Waals surface area contributed by atoms with E-state index in [1.807, 2.05) is 12.1 Å². The van der Waals surface area contributed by atoms with Gasteiger partial charge in [0.25, 0.3) is 5.56 Å². The number of H-pyrrole nitrogens is 1. The third kappa shape index (κ3) is 4.85. The number of carbonyl (C=O) groups is 1. The number of allylic oxidation sites excluding steroid dienone is 1. The minimum atomic E-state index is -0.997. The summed E-state index contributed by atoms with van der Waals surface area (Å²) in [6.45, 7) is -0.290. The van der Waals surface area contributed by atoms with Crippen molar-refractivity contribution >= 4 is 11.5 Å². The van der Waals surface area contributed by atoms with Crippen molar-refractivity contribution in [2.75, 3.05) is 0 Å². The highest BCUT2D eigenvalue weighted by molar-refractivity contribution is 5.78. The average molecular weight is 431 g/mol. The van der Waals surface area contributed by atoms with Crippen molar-refractivity contribution in [1.82, 2.24) is 25.2 Å². The van der Waals surface area contributed by atoms with Gasteiger partial charge in [0.05, 0.1) is 0 Å². The van der Waals surface area contributed by atoms with Gasteiger partial charge in [0, 0.05) is 23.3 Å². The topological polar surface area (TPSA) is 114 Å². The largest absolute Gasteiger partial charge is 0.480 e. The van der Waals surface area contributed by atoms with Gasteiger partial charge in [-0.1, -0.05) is 36.4 Å². The minimum Gasteiger partial charge on any atom is -0.480 e. The molecule has 2 aliphatic rings. The molecule has 2 N–H and O–H groups in total. The number of aromatic nitrogens is 5. The van der Waals surface area contributed by atoms with E-state index in [1.165, 1.54) is 12.8 Å². The van der Waals surface area contributed by atoms with Crippen LogP contribution in [0.3, 0.4) is 0 Å². The summed E-state index contributed by atoms with van der Waals surface area (Å²) >= 11 is 0. The maximum atomic E-state index is 12.6. The molecule has 2 fully saturated rings. The van der Waals surface area contributed by atoms with Crippen LogP contribution in [-0.2, 0) is 24.2 Å². The first-order valence-electron chi connectivity index (χ1n) is 11.1. The van der Waals surface area contributed by atoms with E-state index in [-0.39, 0.29) is 12.1 Å². The molecule has 0 saturated heterocycles. The summed E-state index contributed by atoms with van der Waals surface area (Å²) in [6.07, 6.45) is 8.21. The Labute approximate surface area is 185 Å². The predicted molar refractivity (Wildman–Crippen MR) is 118 cm³/mol. The van der Waals surface area contributed by atoms with Crippen LogP contribution < -0.4 is 5.56 Å². The van der Waals surface area contributed by atoms with Gasteiger partial charge < -0.3 is 10.1 Å². The maximum Gasteiger partial charge on any atom is 0.327 e. The second-order valence-corrected chi connectivity index (χ2v) is 8.68. The highest BCUT2D eigenvalue weighted by atomic mass is 16.4. The molecular weight excluding hydrogens is 406 g/mol. The number of hydrogen-bond donors (Lipinski definition) is 2. The lowest BCUT2D eigenvalue weighted by Gasteiger charge is -2.11. The van der Waals surface area contributed by atoms with E-state index in [0.717, 1.165) is 52.0 Å². The van der Waals surface area contributed by atoms with Gasteiger partial charge in [0.2, 0.25) is 0 Å². The highest BCUT2D eigenvalue weighted by Gasteiger charge is 2.26. The second-order valence-electron chi connectivity index (χ2n) is 8.68. The molecule has 2 aromatic heterocycles. The van der Waals surface area contributed by atoms with Gasteiger partial charge in [-0.3, -0.25) is 9.59 Å². The Hall–Kier alpha value is -3.55. The fraction of sp³-hybridized carbons (Fsp3) is 0.375. The molecule has 0 unspecified atom stereocenters. The van der Waals surface area contributed by atoms with Gasteiger partial charge in [-0.2, -0.15) is 4.80 Å². The number of carboxylic acids is 1. The van der Waals surface area contributed by atoms with Crippen LogP contribution in [0.5, 0.6) is 0 Å². The van der Waals surface area contributed by atoms with Crippen LogP contribution in [0, 0.1) is 5.92 Å². The first kappa shape index (κ1) is 20.4. The third-order valence-corrected chi connectivity index (χ3v) is 5.94. The monoisotopic (exact) mass is 431 g/mol. The molecule has 0 atom stereocenters. The fourth-order valence-corrected chi connectivity index (χ4v) is 3.87. The Balaban J connectivity index is 1.30. The van der Waals surface area contributed by atoms with Crippen molar-refractivity contribution in [3.8, 4) is 0 Å². The molecule has 2 saturated carbocycles. The van der Waals surface area contributed by atoms with Crippen LogP contribution in [-0.4, -0.2) is 36.3 Å². The van der Waals surface area contributed by atoms with Gasteiger partial charge >= 0.3 is 5.97 Å².